The van der Waals surface area contributed by atoms with Crippen LogP contribution in [0.25, 0.3) is 0 Å². The quantitative estimate of drug-likeness (QED) is 0.622. The lowest BCUT2D eigenvalue weighted by Crippen LogP contribution is -2.31. The van der Waals surface area contributed by atoms with Gasteiger partial charge in [0.1, 0.15) is 0 Å². The zero-order chi connectivity index (χ0) is 15.5. The zero-order valence-electron chi connectivity index (χ0n) is 11.7. The fourth-order valence-electron chi connectivity index (χ4n) is 2.14. The Kier molecular flexibility index (Phi) is 5.13. The van der Waals surface area contributed by atoms with E-state index < -0.39 is 16.0 Å². The number of hydrogen-bond acceptors (Lipinski definition) is 6. The number of ether oxygens (including phenoxy) is 1. The lowest BCUT2D eigenvalue weighted by Gasteiger charge is -2.13. The number of hydrogen-bond donors (Lipinski definition) is 2. The molecule has 0 radical (unpaired) electrons. The van der Waals surface area contributed by atoms with Crippen LogP contribution in [-0.4, -0.2) is 39.0 Å². The minimum atomic E-state index is -3.77. The molecular weight excluding hydrogens is 312 g/mol. The smallest absolute Gasteiger partial charge is 0.339 e. The number of sulfonamides is 1. The molecule has 0 spiro atoms. The van der Waals surface area contributed by atoms with Crippen molar-refractivity contribution in [3.8, 4) is 0 Å². The predicted molar refractivity (Wildman–Crippen MR) is 82.9 cm³/mol. The molecule has 0 bridgehead atoms. The van der Waals surface area contributed by atoms with Gasteiger partial charge >= 0.3 is 5.97 Å². The largest absolute Gasteiger partial charge is 0.465 e. The Balaban J connectivity index is 2.24. The fourth-order valence-corrected chi connectivity index (χ4v) is 4.70. The number of carbonyl (C=O) groups excluding carboxylic acids is 1. The summed E-state index contributed by atoms with van der Waals surface area (Å²) in [5.74, 6) is 0.333. The highest BCUT2D eigenvalue weighted by Crippen LogP contribution is 2.26. The van der Waals surface area contributed by atoms with Crippen LogP contribution in [0.15, 0.2) is 23.1 Å². The molecule has 0 aromatic heterocycles. The molecule has 3 N–H and O–H groups in total. The summed E-state index contributed by atoms with van der Waals surface area (Å²) >= 11 is 1.76. The van der Waals surface area contributed by atoms with E-state index in [1.54, 1.807) is 11.8 Å². The first-order chi connectivity index (χ1) is 9.94. The number of rotatable bonds is 5. The molecule has 0 aliphatic carbocycles. The van der Waals surface area contributed by atoms with Crippen molar-refractivity contribution >= 4 is 33.4 Å². The highest BCUT2D eigenvalue weighted by molar-refractivity contribution is 8.00. The first kappa shape index (κ1) is 16.1. The van der Waals surface area contributed by atoms with Crippen molar-refractivity contribution < 1.29 is 17.9 Å². The second-order valence-corrected chi connectivity index (χ2v) is 7.88. The Labute approximate surface area is 128 Å². The summed E-state index contributed by atoms with van der Waals surface area (Å²) in [6.07, 6.45) is 2.10. The van der Waals surface area contributed by atoms with Gasteiger partial charge in [-0.1, -0.05) is 0 Å². The fraction of sp³-hybridized carbons (Fsp3) is 0.462. The molecular formula is C13H18N2O4S2. The molecule has 1 aromatic rings. The molecule has 1 aliphatic rings. The van der Waals surface area contributed by atoms with Gasteiger partial charge in [0.05, 0.1) is 17.6 Å². The van der Waals surface area contributed by atoms with E-state index in [1.165, 1.54) is 25.3 Å². The van der Waals surface area contributed by atoms with E-state index in [0.29, 0.717) is 12.2 Å². The van der Waals surface area contributed by atoms with Crippen molar-refractivity contribution in [1.29, 1.82) is 0 Å². The zero-order valence-corrected chi connectivity index (χ0v) is 13.3. The highest BCUT2D eigenvalue weighted by atomic mass is 32.2. The molecule has 8 heteroatoms. The molecule has 1 heterocycles. The molecule has 1 fully saturated rings. The number of nitrogens with two attached hydrogens (primary N) is 1. The van der Waals surface area contributed by atoms with Crippen LogP contribution >= 0.6 is 11.8 Å². The topological polar surface area (TPSA) is 98.5 Å². The van der Waals surface area contributed by atoms with Crippen molar-refractivity contribution in [3.63, 3.8) is 0 Å². The summed E-state index contributed by atoms with van der Waals surface area (Å²) in [7, 11) is -2.57. The van der Waals surface area contributed by atoms with Crippen molar-refractivity contribution in [2.45, 2.75) is 23.0 Å². The van der Waals surface area contributed by atoms with E-state index in [-0.39, 0.29) is 15.7 Å². The van der Waals surface area contributed by atoms with Gasteiger partial charge in [0.2, 0.25) is 10.0 Å². The Morgan fingerprint density at radius 3 is 2.90 bits per heavy atom. The predicted octanol–water partition coefficient (Wildman–Crippen LogP) is 1.23. The van der Waals surface area contributed by atoms with Crippen LogP contribution in [-0.2, 0) is 14.8 Å². The van der Waals surface area contributed by atoms with Crippen molar-refractivity contribution in [2.24, 2.45) is 0 Å². The van der Waals surface area contributed by atoms with E-state index in [2.05, 4.69) is 9.46 Å². The van der Waals surface area contributed by atoms with Gasteiger partial charge in [0, 0.05) is 17.5 Å². The Hall–Kier alpha value is -1.25. The number of nitrogens with one attached hydrogen (secondary N) is 1. The second-order valence-electron chi connectivity index (χ2n) is 4.73. The molecule has 2 rings (SSSR count). The Morgan fingerprint density at radius 2 is 2.29 bits per heavy atom. The number of nitrogen functional groups attached to an aromatic ring is 1. The number of esters is 1. The summed E-state index contributed by atoms with van der Waals surface area (Å²) in [5.41, 5.74) is 5.86. The monoisotopic (exact) mass is 330 g/mol. The molecule has 6 nitrogen and oxygen atoms in total. The SMILES string of the molecule is COC(=O)c1cc(N)ccc1S(=O)(=O)NCC1CCCS1. The molecule has 116 valence electrons. The van der Waals surface area contributed by atoms with Gasteiger partial charge in [-0.15, -0.1) is 0 Å². The maximum Gasteiger partial charge on any atom is 0.339 e. The van der Waals surface area contributed by atoms with Gasteiger partial charge in [-0.25, -0.2) is 17.9 Å². The maximum atomic E-state index is 12.4. The van der Waals surface area contributed by atoms with Gasteiger partial charge in [-0.3, -0.25) is 0 Å². The number of benzene rings is 1. The van der Waals surface area contributed by atoms with Crippen LogP contribution in [0, 0.1) is 0 Å². The van der Waals surface area contributed by atoms with Crippen LogP contribution in [0.3, 0.4) is 0 Å². The number of anilines is 1. The van der Waals surface area contributed by atoms with Crippen molar-refractivity contribution in [2.75, 3.05) is 25.1 Å². The standard InChI is InChI=1S/C13H18N2O4S2/c1-19-13(16)11-7-9(14)4-5-12(11)21(17,18)15-8-10-3-2-6-20-10/h4-5,7,10,15H,2-3,6,8,14H2,1H3. The van der Waals surface area contributed by atoms with Crippen LogP contribution in [0.5, 0.6) is 0 Å². The molecule has 1 unspecified atom stereocenters. The van der Waals surface area contributed by atoms with Crippen molar-refractivity contribution in [3.05, 3.63) is 23.8 Å². The number of carbonyl (C=O) groups is 1. The third-order valence-corrected chi connectivity index (χ3v) is 6.10. The molecule has 21 heavy (non-hydrogen) atoms. The third-order valence-electron chi connectivity index (χ3n) is 3.22. The summed E-state index contributed by atoms with van der Waals surface area (Å²) < 4.78 is 31.9. The number of methoxy groups -OCH3 is 1. The van der Waals surface area contributed by atoms with Gasteiger partial charge < -0.3 is 10.5 Å². The van der Waals surface area contributed by atoms with Gasteiger partial charge in [0.25, 0.3) is 0 Å². The number of thioether (sulfide) groups is 1. The Morgan fingerprint density at radius 1 is 1.52 bits per heavy atom. The average Bonchev–Trinajstić information content (AvgIpc) is 2.97. The minimum absolute atomic E-state index is 0.0518. The van der Waals surface area contributed by atoms with Crippen LogP contribution in [0.2, 0.25) is 0 Å². The van der Waals surface area contributed by atoms with Crippen LogP contribution < -0.4 is 10.5 Å². The molecule has 0 amide bonds. The van der Waals surface area contributed by atoms with Crippen LogP contribution in [0.4, 0.5) is 5.69 Å². The highest BCUT2D eigenvalue weighted by Gasteiger charge is 2.25. The minimum Gasteiger partial charge on any atom is -0.465 e. The lowest BCUT2D eigenvalue weighted by atomic mass is 10.2. The molecule has 1 aliphatic heterocycles. The van der Waals surface area contributed by atoms with E-state index in [9.17, 15) is 13.2 Å². The molecule has 0 saturated carbocycles. The van der Waals surface area contributed by atoms with Gasteiger partial charge in [-0.2, -0.15) is 11.8 Å². The van der Waals surface area contributed by atoms with E-state index >= 15 is 0 Å². The van der Waals surface area contributed by atoms with Crippen LogP contribution in [0.1, 0.15) is 23.2 Å². The summed E-state index contributed by atoms with van der Waals surface area (Å²) in [6, 6.07) is 4.09. The lowest BCUT2D eigenvalue weighted by molar-refractivity contribution is 0.0596. The molecule has 1 aromatic carbocycles. The van der Waals surface area contributed by atoms with Gasteiger partial charge in [0.15, 0.2) is 0 Å². The summed E-state index contributed by atoms with van der Waals surface area (Å²) in [6.45, 7) is 0.359. The molecule has 1 saturated heterocycles. The van der Waals surface area contributed by atoms with Gasteiger partial charge in [-0.05, 0) is 36.8 Å². The van der Waals surface area contributed by atoms with E-state index in [4.69, 9.17) is 5.73 Å². The third kappa shape index (κ3) is 3.90. The first-order valence-corrected chi connectivity index (χ1v) is 9.06. The summed E-state index contributed by atoms with van der Waals surface area (Å²) in [5, 5.41) is 0.287. The average molecular weight is 330 g/mol. The second kappa shape index (κ2) is 6.67. The van der Waals surface area contributed by atoms with E-state index in [0.717, 1.165) is 18.6 Å². The molecule has 1 atom stereocenters. The summed E-state index contributed by atoms with van der Waals surface area (Å²) in [4.78, 5) is 11.6. The van der Waals surface area contributed by atoms with Crippen molar-refractivity contribution in [1.82, 2.24) is 4.72 Å². The Bertz CT molecular complexity index is 625. The van der Waals surface area contributed by atoms with E-state index in [1.807, 2.05) is 0 Å². The maximum absolute atomic E-state index is 12.4. The normalized spacial score (nSPS) is 18.6. The first-order valence-electron chi connectivity index (χ1n) is 6.53.